The van der Waals surface area contributed by atoms with Crippen LogP contribution in [0.25, 0.3) is 0 Å². The summed E-state index contributed by atoms with van der Waals surface area (Å²) in [5.74, 6) is -1.28. The summed E-state index contributed by atoms with van der Waals surface area (Å²) in [4.78, 5) is 0. The Hall–Kier alpha value is -0.935. The van der Waals surface area contributed by atoms with Gasteiger partial charge in [-0.1, -0.05) is 32.4 Å². The van der Waals surface area contributed by atoms with Gasteiger partial charge in [0.2, 0.25) is 0 Å². The van der Waals surface area contributed by atoms with Crippen LogP contribution < -0.4 is 5.46 Å². The molecule has 0 atom stereocenters. The summed E-state index contributed by atoms with van der Waals surface area (Å²) in [6.45, 7) is 5.04. The van der Waals surface area contributed by atoms with Gasteiger partial charge in [-0.25, -0.2) is 8.78 Å². The van der Waals surface area contributed by atoms with Crippen molar-refractivity contribution in [3.8, 4) is 0 Å². The number of aryl methyl sites for hydroxylation is 1. The van der Waals surface area contributed by atoms with Gasteiger partial charge in [0.15, 0.2) is 11.6 Å². The quantitative estimate of drug-likeness (QED) is 0.782. The Balaban J connectivity index is 2.15. The van der Waals surface area contributed by atoms with E-state index in [0.717, 1.165) is 12.8 Å². The molecule has 1 heterocycles. The van der Waals surface area contributed by atoms with Crippen molar-refractivity contribution < 1.29 is 18.1 Å². The standard InChI is InChI=1S/C14H19BF2O2/c1-3-5-11-6-7-12(14(17)13(11)16)15-18-8-10(4-2)9-19-15/h6-7,10H,3-5,8-9H2,1-2H3. The number of benzene rings is 1. The van der Waals surface area contributed by atoms with E-state index in [0.29, 0.717) is 31.1 Å². The SMILES string of the molecule is CCCc1ccc(B2OCC(CC)CO2)c(F)c1F. The Morgan fingerprint density at radius 1 is 1.16 bits per heavy atom. The summed E-state index contributed by atoms with van der Waals surface area (Å²) >= 11 is 0. The smallest absolute Gasteiger partial charge is 0.407 e. The van der Waals surface area contributed by atoms with Gasteiger partial charge in [-0.15, -0.1) is 0 Å². The average Bonchev–Trinajstić information content (AvgIpc) is 2.45. The van der Waals surface area contributed by atoms with Gasteiger partial charge in [0.25, 0.3) is 0 Å². The zero-order chi connectivity index (χ0) is 13.8. The summed E-state index contributed by atoms with van der Waals surface area (Å²) < 4.78 is 38.8. The monoisotopic (exact) mass is 268 g/mol. The van der Waals surface area contributed by atoms with Crippen LogP contribution in [0, 0.1) is 17.6 Å². The minimum atomic E-state index is -0.842. The van der Waals surface area contributed by atoms with Crippen molar-refractivity contribution in [1.82, 2.24) is 0 Å². The highest BCUT2D eigenvalue weighted by atomic mass is 19.2. The summed E-state index contributed by atoms with van der Waals surface area (Å²) in [6, 6.07) is 3.19. The second kappa shape index (κ2) is 6.48. The maximum absolute atomic E-state index is 14.0. The van der Waals surface area contributed by atoms with E-state index in [2.05, 4.69) is 6.92 Å². The van der Waals surface area contributed by atoms with Gasteiger partial charge in [-0.05, 0) is 18.4 Å². The zero-order valence-corrected chi connectivity index (χ0v) is 11.4. The Morgan fingerprint density at radius 2 is 1.84 bits per heavy atom. The molecule has 0 radical (unpaired) electrons. The lowest BCUT2D eigenvalue weighted by Gasteiger charge is -2.27. The Morgan fingerprint density at radius 3 is 2.42 bits per heavy atom. The second-order valence-corrected chi connectivity index (χ2v) is 4.96. The molecule has 5 heteroatoms. The molecule has 104 valence electrons. The molecule has 2 rings (SSSR count). The number of hydrogen-bond donors (Lipinski definition) is 0. The number of hydrogen-bond acceptors (Lipinski definition) is 2. The van der Waals surface area contributed by atoms with E-state index in [9.17, 15) is 8.78 Å². The molecule has 0 aromatic heterocycles. The molecule has 1 aliphatic rings. The summed E-state index contributed by atoms with van der Waals surface area (Å²) in [5, 5.41) is 0. The zero-order valence-electron chi connectivity index (χ0n) is 11.4. The fraction of sp³-hybridized carbons (Fsp3) is 0.571. The third-order valence-corrected chi connectivity index (χ3v) is 3.51. The normalized spacial score (nSPS) is 16.9. The molecule has 1 aromatic carbocycles. The second-order valence-electron chi connectivity index (χ2n) is 4.96. The van der Waals surface area contributed by atoms with E-state index < -0.39 is 18.8 Å². The molecule has 1 saturated heterocycles. The van der Waals surface area contributed by atoms with Crippen molar-refractivity contribution >= 4 is 12.6 Å². The number of rotatable bonds is 4. The lowest BCUT2D eigenvalue weighted by molar-refractivity contribution is 0.0846. The summed E-state index contributed by atoms with van der Waals surface area (Å²) in [7, 11) is -0.784. The fourth-order valence-corrected chi connectivity index (χ4v) is 2.21. The van der Waals surface area contributed by atoms with Crippen LogP contribution in [0.2, 0.25) is 0 Å². The van der Waals surface area contributed by atoms with Crippen LogP contribution in [0.5, 0.6) is 0 Å². The van der Waals surface area contributed by atoms with Crippen molar-refractivity contribution in [2.75, 3.05) is 13.2 Å². The van der Waals surface area contributed by atoms with E-state index in [1.807, 2.05) is 6.92 Å². The van der Waals surface area contributed by atoms with Crippen LogP contribution in [0.4, 0.5) is 8.78 Å². The molecule has 0 saturated carbocycles. The molecule has 0 amide bonds. The molecule has 1 fully saturated rings. The molecule has 1 aliphatic heterocycles. The Bertz CT molecular complexity index is 432. The van der Waals surface area contributed by atoms with Crippen molar-refractivity contribution in [2.45, 2.75) is 33.1 Å². The van der Waals surface area contributed by atoms with Crippen molar-refractivity contribution in [3.63, 3.8) is 0 Å². The van der Waals surface area contributed by atoms with Gasteiger partial charge < -0.3 is 9.31 Å². The highest BCUT2D eigenvalue weighted by Gasteiger charge is 2.32. The maximum atomic E-state index is 14.0. The Kier molecular flexibility index (Phi) is 4.94. The van der Waals surface area contributed by atoms with Gasteiger partial charge in [-0.3, -0.25) is 0 Å². The molecule has 19 heavy (non-hydrogen) atoms. The van der Waals surface area contributed by atoms with Crippen LogP contribution >= 0.6 is 0 Å². The molecule has 1 aromatic rings. The van der Waals surface area contributed by atoms with Gasteiger partial charge in [0.1, 0.15) is 0 Å². The summed E-state index contributed by atoms with van der Waals surface area (Å²) in [6.07, 6.45) is 2.27. The first-order chi connectivity index (χ1) is 9.17. The number of halogens is 2. The molecule has 0 aliphatic carbocycles. The molecule has 0 unspecified atom stereocenters. The molecular formula is C14H19BF2O2. The molecule has 0 bridgehead atoms. The third kappa shape index (κ3) is 3.15. The van der Waals surface area contributed by atoms with Crippen LogP contribution in [-0.4, -0.2) is 20.3 Å². The van der Waals surface area contributed by atoms with Crippen LogP contribution in [0.1, 0.15) is 32.3 Å². The first-order valence-corrected chi connectivity index (χ1v) is 6.87. The van der Waals surface area contributed by atoms with Crippen LogP contribution in [-0.2, 0) is 15.7 Å². The highest BCUT2D eigenvalue weighted by Crippen LogP contribution is 2.16. The highest BCUT2D eigenvalue weighted by molar-refractivity contribution is 6.61. The summed E-state index contributed by atoms with van der Waals surface area (Å²) in [5.41, 5.74) is 0.568. The Labute approximate surface area is 113 Å². The first kappa shape index (κ1) is 14.5. The van der Waals surface area contributed by atoms with Crippen molar-refractivity contribution in [2.24, 2.45) is 5.92 Å². The first-order valence-electron chi connectivity index (χ1n) is 6.87. The molecule has 0 spiro atoms. The van der Waals surface area contributed by atoms with Gasteiger partial charge >= 0.3 is 7.12 Å². The van der Waals surface area contributed by atoms with E-state index in [1.165, 1.54) is 0 Å². The maximum Gasteiger partial charge on any atom is 0.497 e. The van der Waals surface area contributed by atoms with Gasteiger partial charge in [-0.2, -0.15) is 0 Å². The van der Waals surface area contributed by atoms with Crippen LogP contribution in [0.3, 0.4) is 0 Å². The lowest BCUT2D eigenvalue weighted by atomic mass is 9.76. The van der Waals surface area contributed by atoms with Crippen molar-refractivity contribution in [3.05, 3.63) is 29.3 Å². The minimum Gasteiger partial charge on any atom is -0.407 e. The predicted molar refractivity (Wildman–Crippen MR) is 71.4 cm³/mol. The third-order valence-electron chi connectivity index (χ3n) is 3.51. The van der Waals surface area contributed by atoms with E-state index in [1.54, 1.807) is 12.1 Å². The van der Waals surface area contributed by atoms with Crippen LogP contribution in [0.15, 0.2) is 12.1 Å². The molecule has 0 N–H and O–H groups in total. The van der Waals surface area contributed by atoms with E-state index in [4.69, 9.17) is 9.31 Å². The van der Waals surface area contributed by atoms with Gasteiger partial charge in [0.05, 0.1) is 0 Å². The average molecular weight is 268 g/mol. The topological polar surface area (TPSA) is 18.5 Å². The molecular weight excluding hydrogens is 249 g/mol. The van der Waals surface area contributed by atoms with Gasteiger partial charge in [0, 0.05) is 24.6 Å². The van der Waals surface area contributed by atoms with E-state index >= 15 is 0 Å². The minimum absolute atomic E-state index is 0.159. The largest absolute Gasteiger partial charge is 0.497 e. The lowest BCUT2D eigenvalue weighted by Crippen LogP contribution is -2.46. The van der Waals surface area contributed by atoms with E-state index in [-0.39, 0.29) is 5.46 Å². The molecule has 2 nitrogen and oxygen atoms in total. The fourth-order valence-electron chi connectivity index (χ4n) is 2.21. The van der Waals surface area contributed by atoms with Crippen molar-refractivity contribution in [1.29, 1.82) is 0 Å². The predicted octanol–water partition coefficient (Wildman–Crippen LogP) is 2.69.